The first-order valence-electron chi connectivity index (χ1n) is 11.4. The van der Waals surface area contributed by atoms with Crippen molar-refractivity contribution in [2.75, 3.05) is 0 Å². The van der Waals surface area contributed by atoms with Crippen LogP contribution in [0.3, 0.4) is 0 Å². The first-order valence-corrected chi connectivity index (χ1v) is 11.4. The van der Waals surface area contributed by atoms with E-state index >= 15 is 0 Å². The molecule has 2 aliphatic carbocycles. The van der Waals surface area contributed by atoms with Crippen molar-refractivity contribution in [3.05, 3.63) is 46.8 Å². The first-order chi connectivity index (χ1) is 13.0. The van der Waals surface area contributed by atoms with Gasteiger partial charge in [0.15, 0.2) is 0 Å². The Hall–Kier alpha value is -1.44. The molecule has 152 valence electrons. The van der Waals surface area contributed by atoms with Crippen LogP contribution in [0.5, 0.6) is 0 Å². The number of hydrogen-bond donors (Lipinski definition) is 2. The van der Waals surface area contributed by atoms with Crippen LogP contribution in [0.15, 0.2) is 46.8 Å². The third-order valence-corrected chi connectivity index (χ3v) is 6.25. The highest BCUT2D eigenvalue weighted by Gasteiger charge is 2.22. The molecule has 2 heteroatoms. The van der Waals surface area contributed by atoms with Gasteiger partial charge in [-0.3, -0.25) is 0 Å². The fourth-order valence-electron chi connectivity index (χ4n) is 4.65. The number of rotatable bonds is 10. The Morgan fingerprint density at radius 3 is 1.52 bits per heavy atom. The van der Waals surface area contributed by atoms with Gasteiger partial charge < -0.3 is 10.6 Å². The van der Waals surface area contributed by atoms with Gasteiger partial charge in [0.1, 0.15) is 0 Å². The van der Waals surface area contributed by atoms with E-state index in [1.165, 1.54) is 48.2 Å². The fourth-order valence-corrected chi connectivity index (χ4v) is 4.65. The van der Waals surface area contributed by atoms with E-state index in [2.05, 4.69) is 76.5 Å². The highest BCUT2D eigenvalue weighted by Crippen LogP contribution is 2.30. The van der Waals surface area contributed by atoms with Crippen molar-refractivity contribution < 1.29 is 0 Å². The Balaban J connectivity index is 2.01. The standard InChI is InChI=1S/C25H42N2/c1-7-20-13-11-14-21(8-2)24(20)26-18(5)17-19(6)27-25-22(9-3)15-12-16-23(25)10-4/h11-13,15,18-19,21,23,26-27H,7-10,14,16-17H2,1-6H3/t18?,19?,21-,23?/m1/s1. The van der Waals surface area contributed by atoms with E-state index in [9.17, 15) is 0 Å². The summed E-state index contributed by atoms with van der Waals surface area (Å²) >= 11 is 0. The van der Waals surface area contributed by atoms with Crippen LogP contribution in [0.2, 0.25) is 0 Å². The van der Waals surface area contributed by atoms with Crippen LogP contribution in [0.1, 0.15) is 86.5 Å². The lowest BCUT2D eigenvalue weighted by atomic mass is 9.87. The van der Waals surface area contributed by atoms with Gasteiger partial charge in [-0.15, -0.1) is 0 Å². The molecule has 2 aliphatic rings. The molecule has 0 bridgehead atoms. The van der Waals surface area contributed by atoms with Crippen molar-refractivity contribution in [1.29, 1.82) is 0 Å². The van der Waals surface area contributed by atoms with Gasteiger partial charge in [-0.05, 0) is 69.9 Å². The minimum absolute atomic E-state index is 0.481. The largest absolute Gasteiger partial charge is 0.385 e. The van der Waals surface area contributed by atoms with Gasteiger partial charge in [-0.2, -0.15) is 0 Å². The van der Waals surface area contributed by atoms with Crippen LogP contribution in [-0.4, -0.2) is 12.1 Å². The summed E-state index contributed by atoms with van der Waals surface area (Å²) in [6.45, 7) is 13.9. The Morgan fingerprint density at radius 2 is 1.19 bits per heavy atom. The van der Waals surface area contributed by atoms with Crippen molar-refractivity contribution >= 4 is 0 Å². The zero-order valence-electron chi connectivity index (χ0n) is 18.6. The van der Waals surface area contributed by atoms with Gasteiger partial charge >= 0.3 is 0 Å². The fraction of sp³-hybridized carbons (Fsp3) is 0.680. The molecule has 0 heterocycles. The highest BCUT2D eigenvalue weighted by atomic mass is 15.0. The van der Waals surface area contributed by atoms with Crippen molar-refractivity contribution in [3.8, 4) is 0 Å². The zero-order chi connectivity index (χ0) is 19.8. The monoisotopic (exact) mass is 370 g/mol. The lowest BCUT2D eigenvalue weighted by molar-refractivity contribution is 0.416. The maximum absolute atomic E-state index is 3.90. The summed E-state index contributed by atoms with van der Waals surface area (Å²) in [5, 5.41) is 7.80. The van der Waals surface area contributed by atoms with Crippen LogP contribution in [0.25, 0.3) is 0 Å². The van der Waals surface area contributed by atoms with Crippen molar-refractivity contribution in [2.45, 2.75) is 98.6 Å². The van der Waals surface area contributed by atoms with E-state index in [1.807, 2.05) is 0 Å². The lowest BCUT2D eigenvalue weighted by Gasteiger charge is -2.32. The molecule has 0 saturated carbocycles. The molecule has 0 aromatic rings. The summed E-state index contributed by atoms with van der Waals surface area (Å²) in [5.41, 5.74) is 6.01. The number of allylic oxidation sites excluding steroid dienone is 8. The summed E-state index contributed by atoms with van der Waals surface area (Å²) in [6.07, 6.45) is 17.5. The van der Waals surface area contributed by atoms with Gasteiger partial charge in [-0.25, -0.2) is 0 Å². The molecule has 2 rings (SSSR count). The molecule has 2 nitrogen and oxygen atoms in total. The molecule has 0 amide bonds. The molecule has 0 aliphatic heterocycles. The molecule has 27 heavy (non-hydrogen) atoms. The maximum Gasteiger partial charge on any atom is 0.0249 e. The maximum atomic E-state index is 3.90. The molecule has 0 fully saturated rings. The average Bonchev–Trinajstić information content (AvgIpc) is 2.67. The van der Waals surface area contributed by atoms with E-state index in [1.54, 1.807) is 0 Å². The highest BCUT2D eigenvalue weighted by molar-refractivity contribution is 5.32. The van der Waals surface area contributed by atoms with Gasteiger partial charge in [-0.1, -0.05) is 52.0 Å². The molecule has 0 spiro atoms. The van der Waals surface area contributed by atoms with E-state index in [4.69, 9.17) is 0 Å². The van der Waals surface area contributed by atoms with Crippen LogP contribution in [0, 0.1) is 11.8 Å². The van der Waals surface area contributed by atoms with Gasteiger partial charge in [0.25, 0.3) is 0 Å². The summed E-state index contributed by atoms with van der Waals surface area (Å²) in [7, 11) is 0. The summed E-state index contributed by atoms with van der Waals surface area (Å²) in [4.78, 5) is 0. The van der Waals surface area contributed by atoms with Gasteiger partial charge in [0.2, 0.25) is 0 Å². The third-order valence-electron chi connectivity index (χ3n) is 6.25. The summed E-state index contributed by atoms with van der Waals surface area (Å²) < 4.78 is 0. The van der Waals surface area contributed by atoms with Crippen molar-refractivity contribution in [1.82, 2.24) is 10.6 Å². The SMILES string of the molecule is CCC1=C(NC(C)CC(C)NC2=C(CC)C=CC[C@H]2CC)C(CC)CC=C1. The minimum Gasteiger partial charge on any atom is -0.385 e. The smallest absolute Gasteiger partial charge is 0.0249 e. The van der Waals surface area contributed by atoms with Gasteiger partial charge in [0, 0.05) is 35.3 Å². The zero-order valence-corrected chi connectivity index (χ0v) is 18.6. The summed E-state index contributed by atoms with van der Waals surface area (Å²) in [6, 6.07) is 0.962. The number of hydrogen-bond acceptors (Lipinski definition) is 2. The Morgan fingerprint density at radius 1 is 0.778 bits per heavy atom. The predicted octanol–water partition coefficient (Wildman–Crippen LogP) is 6.63. The van der Waals surface area contributed by atoms with E-state index in [0.29, 0.717) is 23.9 Å². The average molecular weight is 371 g/mol. The second-order valence-electron chi connectivity index (χ2n) is 8.40. The number of nitrogens with one attached hydrogen (secondary N) is 2. The van der Waals surface area contributed by atoms with Gasteiger partial charge in [0.05, 0.1) is 0 Å². The van der Waals surface area contributed by atoms with Crippen LogP contribution < -0.4 is 10.6 Å². The quantitative estimate of drug-likeness (QED) is 0.451. The summed E-state index contributed by atoms with van der Waals surface area (Å²) in [5.74, 6) is 1.33. The van der Waals surface area contributed by atoms with Crippen molar-refractivity contribution in [3.63, 3.8) is 0 Å². The van der Waals surface area contributed by atoms with Crippen LogP contribution in [0.4, 0.5) is 0 Å². The Kier molecular flexibility index (Phi) is 8.73. The molecule has 0 radical (unpaired) electrons. The predicted molar refractivity (Wildman–Crippen MR) is 120 cm³/mol. The molecule has 0 aromatic carbocycles. The van der Waals surface area contributed by atoms with E-state index in [-0.39, 0.29) is 0 Å². The molecule has 3 unspecified atom stereocenters. The third kappa shape index (κ3) is 5.77. The molecule has 4 atom stereocenters. The van der Waals surface area contributed by atoms with E-state index < -0.39 is 0 Å². The second kappa shape index (κ2) is 10.8. The second-order valence-corrected chi connectivity index (χ2v) is 8.40. The minimum atomic E-state index is 0.481. The molecule has 0 aromatic heterocycles. The molecule has 0 saturated heterocycles. The normalized spacial score (nSPS) is 25.0. The molecular weight excluding hydrogens is 328 g/mol. The molecular formula is C25H42N2. The Bertz CT molecular complexity index is 541. The Labute approximate surface area is 168 Å². The van der Waals surface area contributed by atoms with Crippen LogP contribution in [-0.2, 0) is 0 Å². The van der Waals surface area contributed by atoms with Crippen molar-refractivity contribution in [2.24, 2.45) is 11.8 Å². The van der Waals surface area contributed by atoms with Crippen LogP contribution >= 0.6 is 0 Å². The molecule has 2 N–H and O–H groups in total. The van der Waals surface area contributed by atoms with E-state index in [0.717, 1.165) is 19.3 Å². The topological polar surface area (TPSA) is 24.1 Å². The lowest BCUT2D eigenvalue weighted by Crippen LogP contribution is -2.38. The first kappa shape index (κ1) is 21.9.